The number of imidazole rings is 1. The minimum Gasteiger partial charge on any atom is -0.352 e. The topological polar surface area (TPSA) is 87.0 Å². The predicted octanol–water partition coefficient (Wildman–Crippen LogP) is 3.94. The van der Waals surface area contributed by atoms with Gasteiger partial charge in [-0.1, -0.05) is 42.5 Å². The number of carbonyl (C=O) groups is 1. The lowest BCUT2D eigenvalue weighted by Gasteiger charge is -2.09. The highest BCUT2D eigenvalue weighted by atomic mass is 16.1. The summed E-state index contributed by atoms with van der Waals surface area (Å²) in [6.07, 6.45) is 0.915. The van der Waals surface area contributed by atoms with E-state index in [2.05, 4.69) is 39.5 Å². The molecule has 1 unspecified atom stereocenters. The lowest BCUT2D eigenvalue weighted by molar-refractivity contribution is 0.0952. The van der Waals surface area contributed by atoms with Crippen LogP contribution in [0.15, 0.2) is 60.7 Å². The van der Waals surface area contributed by atoms with Crippen molar-refractivity contribution in [1.82, 2.24) is 20.2 Å². The van der Waals surface area contributed by atoms with Gasteiger partial charge < -0.3 is 20.9 Å². The first-order valence-corrected chi connectivity index (χ1v) is 10.9. The Bertz CT molecular complexity index is 1310. The van der Waals surface area contributed by atoms with Crippen molar-refractivity contribution in [3.8, 4) is 22.5 Å². The molecule has 0 saturated heterocycles. The van der Waals surface area contributed by atoms with Crippen molar-refractivity contribution in [2.45, 2.75) is 12.5 Å². The Hall–Kier alpha value is -3.48. The van der Waals surface area contributed by atoms with E-state index in [1.807, 2.05) is 50.5 Å². The minimum atomic E-state index is -0.131. The summed E-state index contributed by atoms with van der Waals surface area (Å²) in [6.45, 7) is 1.59. The van der Waals surface area contributed by atoms with Gasteiger partial charge in [0, 0.05) is 17.7 Å². The second-order valence-corrected chi connectivity index (χ2v) is 8.56. The summed E-state index contributed by atoms with van der Waals surface area (Å²) < 4.78 is 0. The highest BCUT2D eigenvalue weighted by molar-refractivity contribution is 5.98. The number of benzene rings is 3. The summed E-state index contributed by atoms with van der Waals surface area (Å²) in [5, 5.41) is 2.99. The SMILES string of the molecule is CN(C)CCCNC(=O)c1ccc2nc(-c3cccc4c3-c3ccccc3C4N)[nH]c2c1. The molecule has 1 heterocycles. The van der Waals surface area contributed by atoms with Gasteiger partial charge in [0.1, 0.15) is 5.82 Å². The van der Waals surface area contributed by atoms with Gasteiger partial charge in [-0.2, -0.15) is 0 Å². The molecule has 1 aromatic heterocycles. The van der Waals surface area contributed by atoms with Crippen LogP contribution in [0.3, 0.4) is 0 Å². The smallest absolute Gasteiger partial charge is 0.251 e. The Kier molecular flexibility index (Phi) is 5.25. The second kappa shape index (κ2) is 8.22. The number of hydrogen-bond acceptors (Lipinski definition) is 4. The van der Waals surface area contributed by atoms with Crippen LogP contribution in [-0.4, -0.2) is 48.0 Å². The van der Waals surface area contributed by atoms with Gasteiger partial charge in [0.05, 0.1) is 17.1 Å². The minimum absolute atomic E-state index is 0.0673. The Labute approximate surface area is 187 Å². The molecular formula is C26H27N5O. The molecule has 0 saturated carbocycles. The van der Waals surface area contributed by atoms with Crippen LogP contribution in [0.2, 0.25) is 0 Å². The standard InChI is InChI=1S/C26H27N5O/c1-31(2)14-6-13-28-26(32)16-11-12-21-22(15-16)30-25(29-21)20-10-5-9-19-23(20)17-7-3-4-8-18(17)24(19)27/h3-5,7-12,15,24H,6,13-14,27H2,1-2H3,(H,28,32)(H,29,30). The molecule has 0 radical (unpaired) electrons. The zero-order valence-corrected chi connectivity index (χ0v) is 18.4. The third kappa shape index (κ3) is 3.57. The lowest BCUT2D eigenvalue weighted by Crippen LogP contribution is -2.27. The van der Waals surface area contributed by atoms with Gasteiger partial charge in [0.2, 0.25) is 0 Å². The van der Waals surface area contributed by atoms with Crippen LogP contribution < -0.4 is 11.1 Å². The Morgan fingerprint density at radius 3 is 2.69 bits per heavy atom. The Balaban J connectivity index is 1.46. The molecule has 1 aliphatic rings. The molecule has 6 nitrogen and oxygen atoms in total. The summed E-state index contributed by atoms with van der Waals surface area (Å²) in [5.74, 6) is 0.714. The van der Waals surface area contributed by atoms with E-state index in [9.17, 15) is 4.79 Å². The monoisotopic (exact) mass is 425 g/mol. The highest BCUT2D eigenvalue weighted by Gasteiger charge is 2.28. The van der Waals surface area contributed by atoms with Crippen LogP contribution in [0.4, 0.5) is 0 Å². The second-order valence-electron chi connectivity index (χ2n) is 8.56. The molecule has 4 aromatic rings. The van der Waals surface area contributed by atoms with E-state index >= 15 is 0 Å². The molecule has 1 atom stereocenters. The molecule has 5 rings (SSSR count). The number of aromatic amines is 1. The maximum Gasteiger partial charge on any atom is 0.251 e. The first-order valence-electron chi connectivity index (χ1n) is 10.9. The zero-order valence-electron chi connectivity index (χ0n) is 18.4. The van der Waals surface area contributed by atoms with Gasteiger partial charge in [0.25, 0.3) is 5.91 Å². The first kappa shape index (κ1) is 20.4. The van der Waals surface area contributed by atoms with Crippen LogP contribution in [0, 0.1) is 0 Å². The Morgan fingerprint density at radius 1 is 1.06 bits per heavy atom. The fraction of sp³-hybridized carbons (Fsp3) is 0.231. The van der Waals surface area contributed by atoms with Crippen LogP contribution >= 0.6 is 0 Å². The van der Waals surface area contributed by atoms with Gasteiger partial charge >= 0.3 is 0 Å². The van der Waals surface area contributed by atoms with Gasteiger partial charge in [0.15, 0.2) is 0 Å². The molecule has 0 fully saturated rings. The van der Waals surface area contributed by atoms with Crippen molar-refractivity contribution >= 4 is 16.9 Å². The predicted molar refractivity (Wildman–Crippen MR) is 129 cm³/mol. The van der Waals surface area contributed by atoms with Crippen LogP contribution in [0.1, 0.15) is 33.9 Å². The molecule has 32 heavy (non-hydrogen) atoms. The first-order chi connectivity index (χ1) is 15.5. The zero-order chi connectivity index (χ0) is 22.2. The molecule has 0 bridgehead atoms. The van der Waals surface area contributed by atoms with E-state index in [4.69, 9.17) is 10.7 Å². The molecular weight excluding hydrogens is 398 g/mol. The quantitative estimate of drug-likeness (QED) is 0.409. The van der Waals surface area contributed by atoms with Crippen molar-refractivity contribution in [1.29, 1.82) is 0 Å². The number of nitrogens with zero attached hydrogens (tertiary/aromatic N) is 2. The van der Waals surface area contributed by atoms with Crippen LogP contribution in [-0.2, 0) is 0 Å². The van der Waals surface area contributed by atoms with Crippen LogP contribution in [0.25, 0.3) is 33.5 Å². The fourth-order valence-corrected chi connectivity index (χ4v) is 4.47. The number of rotatable bonds is 6. The molecule has 1 aliphatic carbocycles. The van der Waals surface area contributed by atoms with Crippen molar-refractivity contribution in [3.05, 3.63) is 77.4 Å². The average Bonchev–Trinajstić information content (AvgIpc) is 3.35. The number of nitrogens with two attached hydrogens (primary N) is 1. The van der Waals surface area contributed by atoms with E-state index in [1.54, 1.807) is 0 Å². The largest absolute Gasteiger partial charge is 0.352 e. The summed E-state index contributed by atoms with van der Waals surface area (Å²) >= 11 is 0. The van der Waals surface area contributed by atoms with E-state index < -0.39 is 0 Å². The maximum absolute atomic E-state index is 12.6. The number of aromatic nitrogens is 2. The van der Waals surface area contributed by atoms with Crippen molar-refractivity contribution < 1.29 is 4.79 Å². The molecule has 0 aliphatic heterocycles. The number of hydrogen-bond donors (Lipinski definition) is 3. The molecule has 4 N–H and O–H groups in total. The summed E-state index contributed by atoms with van der Waals surface area (Å²) in [7, 11) is 4.06. The average molecular weight is 426 g/mol. The Morgan fingerprint density at radius 2 is 1.84 bits per heavy atom. The van der Waals surface area contributed by atoms with E-state index in [-0.39, 0.29) is 11.9 Å². The molecule has 3 aromatic carbocycles. The summed E-state index contributed by atoms with van der Waals surface area (Å²) in [5.41, 5.74) is 14.4. The fourth-order valence-electron chi connectivity index (χ4n) is 4.47. The van der Waals surface area contributed by atoms with Crippen molar-refractivity contribution in [2.24, 2.45) is 5.73 Å². The maximum atomic E-state index is 12.6. The van der Waals surface area contributed by atoms with E-state index in [0.29, 0.717) is 12.1 Å². The van der Waals surface area contributed by atoms with Gasteiger partial charge in [-0.25, -0.2) is 4.98 Å². The van der Waals surface area contributed by atoms with Crippen LogP contribution in [0.5, 0.6) is 0 Å². The van der Waals surface area contributed by atoms with Gasteiger partial charge in [-0.15, -0.1) is 0 Å². The highest BCUT2D eigenvalue weighted by Crippen LogP contribution is 2.46. The normalized spacial score (nSPS) is 14.6. The summed E-state index contributed by atoms with van der Waals surface area (Å²) in [4.78, 5) is 22.9. The number of fused-ring (bicyclic) bond motifs is 4. The molecule has 6 heteroatoms. The molecule has 0 spiro atoms. The van der Waals surface area contributed by atoms with Crippen molar-refractivity contribution in [3.63, 3.8) is 0 Å². The lowest BCUT2D eigenvalue weighted by atomic mass is 9.99. The van der Waals surface area contributed by atoms with Crippen molar-refractivity contribution in [2.75, 3.05) is 27.2 Å². The molecule has 1 amide bonds. The number of H-pyrrole nitrogens is 1. The summed E-state index contributed by atoms with van der Waals surface area (Å²) in [6, 6.07) is 19.9. The third-order valence-corrected chi connectivity index (χ3v) is 6.06. The number of carbonyl (C=O) groups excluding carboxylic acids is 1. The molecule has 162 valence electrons. The number of nitrogens with one attached hydrogen (secondary N) is 2. The van der Waals surface area contributed by atoms with Gasteiger partial charge in [-0.05, 0) is 67.5 Å². The number of amides is 1. The third-order valence-electron chi connectivity index (χ3n) is 6.06. The van der Waals surface area contributed by atoms with E-state index in [0.717, 1.165) is 57.6 Å². The van der Waals surface area contributed by atoms with E-state index in [1.165, 1.54) is 0 Å². The van der Waals surface area contributed by atoms with Gasteiger partial charge in [-0.3, -0.25) is 4.79 Å².